The van der Waals surface area contributed by atoms with Gasteiger partial charge in [-0.05, 0) is 95.2 Å². The van der Waals surface area contributed by atoms with Gasteiger partial charge in [0.1, 0.15) is 17.0 Å². The number of urea groups is 1. The molecule has 0 unspecified atom stereocenters. The Morgan fingerprint density at radius 2 is 1.50 bits per heavy atom. The van der Waals surface area contributed by atoms with Crippen LogP contribution in [0.2, 0.25) is 0 Å². The average molecular weight is 688 g/mol. The third kappa shape index (κ3) is 11.7. The molecule has 1 aromatic carbocycles. The fourth-order valence-corrected chi connectivity index (χ4v) is 7.47. The molecule has 3 N–H and O–H groups in total. The predicted octanol–water partition coefficient (Wildman–Crippen LogP) is 6.50. The molecule has 0 saturated carbocycles. The molecule has 2 heterocycles. The van der Waals surface area contributed by atoms with Crippen molar-refractivity contribution in [3.8, 4) is 0 Å². The van der Waals surface area contributed by atoms with Crippen molar-refractivity contribution < 1.29 is 27.5 Å². The van der Waals surface area contributed by atoms with Gasteiger partial charge in [-0.2, -0.15) is 4.31 Å². The van der Waals surface area contributed by atoms with Gasteiger partial charge < -0.3 is 15.8 Å². The standard InChI is InChI=1S/C36H57N5O6S/c1-27-25-29(40(6)34(37)44)26-28(2)30(27)19-24-48(45,46)41-22-20-36(21-23-41)33(43)38-31(39-36)17-15-13-11-9-7-8-10-12-14-16-18-32(42)47-35(3,4)5/h19,24-26H,7-18,20-23H2,1-6H3,(H2,37,44)(H,38,39,43)/b24-19+. The number of rotatable bonds is 17. The summed E-state index contributed by atoms with van der Waals surface area (Å²) in [4.78, 5) is 42.4. The van der Waals surface area contributed by atoms with Crippen LogP contribution in [0, 0.1) is 13.8 Å². The lowest BCUT2D eigenvalue weighted by Crippen LogP contribution is -2.50. The first-order valence-corrected chi connectivity index (χ1v) is 19.0. The zero-order valence-corrected chi connectivity index (χ0v) is 30.7. The number of nitrogens with two attached hydrogens (primary N) is 1. The predicted molar refractivity (Wildman–Crippen MR) is 192 cm³/mol. The van der Waals surface area contributed by atoms with Crippen molar-refractivity contribution in [1.29, 1.82) is 0 Å². The minimum Gasteiger partial charge on any atom is -0.460 e. The molecule has 1 fully saturated rings. The lowest BCUT2D eigenvalue weighted by molar-refractivity contribution is -0.154. The number of anilines is 1. The number of carbonyl (C=O) groups excluding carboxylic acids is 3. The van der Waals surface area contributed by atoms with Crippen molar-refractivity contribution in [2.45, 2.75) is 136 Å². The minimum absolute atomic E-state index is 0.107. The molecule has 0 bridgehead atoms. The smallest absolute Gasteiger partial charge is 0.318 e. The summed E-state index contributed by atoms with van der Waals surface area (Å²) < 4.78 is 33.2. The summed E-state index contributed by atoms with van der Waals surface area (Å²) in [5.41, 5.74) is 7.15. The molecule has 1 saturated heterocycles. The summed E-state index contributed by atoms with van der Waals surface area (Å²) in [7, 11) is -2.12. The third-order valence-electron chi connectivity index (χ3n) is 9.11. The van der Waals surface area contributed by atoms with Gasteiger partial charge in [-0.15, -0.1) is 0 Å². The van der Waals surface area contributed by atoms with E-state index in [4.69, 9.17) is 15.5 Å². The molecule has 0 aliphatic carbocycles. The number of hydrogen-bond donors (Lipinski definition) is 2. The van der Waals surface area contributed by atoms with E-state index in [0.29, 0.717) is 24.9 Å². The number of unbranched alkanes of at least 4 members (excludes halogenated alkanes) is 9. The highest BCUT2D eigenvalue weighted by atomic mass is 32.2. The van der Waals surface area contributed by atoms with Crippen LogP contribution in [0.3, 0.4) is 0 Å². The number of nitrogens with zero attached hydrogens (tertiary/aromatic N) is 3. The summed E-state index contributed by atoms with van der Waals surface area (Å²) in [5, 5.41) is 4.19. The number of hydrogen-bond acceptors (Lipinski definition) is 7. The molecule has 3 rings (SSSR count). The Bertz CT molecular complexity index is 1430. The number of amidine groups is 1. The number of nitrogens with one attached hydrogen (secondary N) is 1. The molecule has 1 aromatic rings. The Morgan fingerprint density at radius 1 is 0.979 bits per heavy atom. The quantitative estimate of drug-likeness (QED) is 0.141. The van der Waals surface area contributed by atoms with Crippen molar-refractivity contribution in [3.05, 3.63) is 34.2 Å². The first-order valence-electron chi connectivity index (χ1n) is 17.5. The molecule has 12 heteroatoms. The van der Waals surface area contributed by atoms with Crippen LogP contribution in [-0.4, -0.2) is 67.7 Å². The van der Waals surface area contributed by atoms with Crippen LogP contribution in [0.1, 0.15) is 127 Å². The van der Waals surface area contributed by atoms with Gasteiger partial charge in [0.15, 0.2) is 0 Å². The average Bonchev–Trinajstić information content (AvgIpc) is 3.29. The van der Waals surface area contributed by atoms with E-state index in [-0.39, 0.29) is 25.0 Å². The molecule has 0 aromatic heterocycles. The van der Waals surface area contributed by atoms with Gasteiger partial charge >= 0.3 is 12.0 Å². The third-order valence-corrected chi connectivity index (χ3v) is 10.7. The first kappa shape index (κ1) is 39.2. The number of sulfonamides is 1. The number of piperidine rings is 1. The van der Waals surface area contributed by atoms with Gasteiger partial charge in [0.25, 0.3) is 5.91 Å². The number of primary amides is 1. The van der Waals surface area contributed by atoms with Gasteiger partial charge in [-0.25, -0.2) is 13.2 Å². The number of aryl methyl sites for hydroxylation is 2. The maximum absolute atomic E-state index is 13.2. The maximum atomic E-state index is 13.2. The van der Waals surface area contributed by atoms with Gasteiger partial charge in [0.2, 0.25) is 10.0 Å². The fraction of sp³-hybridized carbons (Fsp3) is 0.667. The highest BCUT2D eigenvalue weighted by Crippen LogP contribution is 2.32. The first-order chi connectivity index (χ1) is 22.5. The van der Waals surface area contributed by atoms with Crippen molar-refractivity contribution in [2.24, 2.45) is 10.7 Å². The zero-order valence-electron chi connectivity index (χ0n) is 29.9. The maximum Gasteiger partial charge on any atom is 0.318 e. The Kier molecular flexibility index (Phi) is 14.2. The van der Waals surface area contributed by atoms with Crippen molar-refractivity contribution in [2.75, 3.05) is 25.0 Å². The van der Waals surface area contributed by atoms with Crippen molar-refractivity contribution in [1.82, 2.24) is 9.62 Å². The van der Waals surface area contributed by atoms with E-state index in [1.807, 2.05) is 34.6 Å². The van der Waals surface area contributed by atoms with E-state index < -0.39 is 27.2 Å². The molecule has 2 aliphatic heterocycles. The Balaban J connectivity index is 1.35. The molecule has 48 heavy (non-hydrogen) atoms. The van der Waals surface area contributed by atoms with Crippen LogP contribution in [0.25, 0.3) is 6.08 Å². The Morgan fingerprint density at radius 3 is 2.02 bits per heavy atom. The summed E-state index contributed by atoms with van der Waals surface area (Å²) >= 11 is 0. The van der Waals surface area contributed by atoms with E-state index in [0.717, 1.165) is 67.5 Å². The topological polar surface area (TPSA) is 151 Å². The number of aliphatic imine (C=N–C) groups is 1. The van der Waals surface area contributed by atoms with E-state index >= 15 is 0 Å². The Labute approximate surface area is 287 Å². The molecule has 2 aliphatic rings. The summed E-state index contributed by atoms with van der Waals surface area (Å²) in [5.74, 6) is 0.492. The summed E-state index contributed by atoms with van der Waals surface area (Å²) in [6.07, 6.45) is 14.6. The van der Waals surface area contributed by atoms with Crippen LogP contribution in [0.5, 0.6) is 0 Å². The summed E-state index contributed by atoms with van der Waals surface area (Å²) in [6, 6.07) is 3.02. The van der Waals surface area contributed by atoms with Gasteiger partial charge in [-0.1, -0.05) is 51.4 Å². The van der Waals surface area contributed by atoms with Crippen LogP contribution in [0.4, 0.5) is 10.5 Å². The molecule has 11 nitrogen and oxygen atoms in total. The number of ether oxygens (including phenoxy) is 1. The molecule has 3 amide bonds. The van der Waals surface area contributed by atoms with Crippen molar-refractivity contribution in [3.63, 3.8) is 0 Å². The monoisotopic (exact) mass is 687 g/mol. The van der Waals surface area contributed by atoms with Gasteiger partial charge in [-0.3, -0.25) is 19.5 Å². The zero-order chi connectivity index (χ0) is 35.5. The molecular formula is C36H57N5O6S. The second-order valence-corrected chi connectivity index (χ2v) is 16.1. The van der Waals surface area contributed by atoms with Gasteiger partial charge in [0, 0.05) is 44.1 Å². The fourth-order valence-electron chi connectivity index (χ4n) is 6.30. The largest absolute Gasteiger partial charge is 0.460 e. The number of esters is 1. The number of benzene rings is 1. The molecule has 0 atom stereocenters. The number of carbonyl (C=O) groups is 3. The van der Waals surface area contributed by atoms with E-state index in [1.54, 1.807) is 25.3 Å². The number of amides is 3. The van der Waals surface area contributed by atoms with Crippen LogP contribution < -0.4 is 16.0 Å². The highest BCUT2D eigenvalue weighted by Gasteiger charge is 2.46. The molecule has 1 spiro atoms. The lowest BCUT2D eigenvalue weighted by atomic mass is 9.89. The van der Waals surface area contributed by atoms with Crippen molar-refractivity contribution >= 4 is 45.5 Å². The lowest BCUT2D eigenvalue weighted by Gasteiger charge is -2.34. The van der Waals surface area contributed by atoms with E-state index in [9.17, 15) is 22.8 Å². The second kappa shape index (κ2) is 17.4. The molecule has 268 valence electrons. The van der Waals surface area contributed by atoms with E-state index in [1.165, 1.54) is 40.3 Å². The SMILES string of the molecule is Cc1cc(N(C)C(N)=O)cc(C)c1/C=C/S(=O)(=O)N1CCC2(CC1)N=C(CCCCCCCCCCCCC(=O)OC(C)(C)C)NC2=O. The molecular weight excluding hydrogens is 630 g/mol. The van der Waals surface area contributed by atoms with Crippen LogP contribution >= 0.6 is 0 Å². The van der Waals surface area contributed by atoms with E-state index in [2.05, 4.69) is 5.32 Å². The van der Waals surface area contributed by atoms with Gasteiger partial charge in [0.05, 0.1) is 0 Å². The Hall–Kier alpha value is -3.25. The molecule has 0 radical (unpaired) electrons. The second-order valence-electron chi connectivity index (χ2n) is 14.3. The van der Waals surface area contributed by atoms with Crippen LogP contribution in [0.15, 0.2) is 22.5 Å². The highest BCUT2D eigenvalue weighted by molar-refractivity contribution is 7.92. The summed E-state index contributed by atoms with van der Waals surface area (Å²) in [6.45, 7) is 9.85. The normalized spacial score (nSPS) is 16.7. The van der Waals surface area contributed by atoms with Crippen LogP contribution in [-0.2, 0) is 24.3 Å². The minimum atomic E-state index is -3.70.